The van der Waals surface area contributed by atoms with E-state index >= 15 is 0 Å². The normalized spacial score (nSPS) is 25.6. The van der Waals surface area contributed by atoms with Crippen molar-refractivity contribution in [1.29, 1.82) is 0 Å². The first-order chi connectivity index (χ1) is 10.2. The molecule has 0 aliphatic heterocycles. The van der Waals surface area contributed by atoms with Gasteiger partial charge in [-0.3, -0.25) is 0 Å². The van der Waals surface area contributed by atoms with Gasteiger partial charge in [-0.1, -0.05) is 12.8 Å². The van der Waals surface area contributed by atoms with Crippen molar-refractivity contribution >= 4 is 27.7 Å². The maximum Gasteiger partial charge on any atom is 0.224 e. The Morgan fingerprint density at radius 3 is 2.67 bits per heavy atom. The van der Waals surface area contributed by atoms with Gasteiger partial charge in [-0.2, -0.15) is 4.98 Å². The first kappa shape index (κ1) is 15.0. The second-order valence-electron chi connectivity index (χ2n) is 6.20. The Labute approximate surface area is 134 Å². The average molecular weight is 355 g/mol. The van der Waals surface area contributed by atoms with Crippen LogP contribution in [0.25, 0.3) is 0 Å². The van der Waals surface area contributed by atoms with Gasteiger partial charge in [0.2, 0.25) is 5.95 Å². The molecule has 0 bridgehead atoms. The van der Waals surface area contributed by atoms with Crippen molar-refractivity contribution < 1.29 is 5.11 Å². The van der Waals surface area contributed by atoms with E-state index in [2.05, 4.69) is 36.5 Å². The summed E-state index contributed by atoms with van der Waals surface area (Å²) in [4.78, 5) is 8.87. The van der Waals surface area contributed by atoms with Crippen LogP contribution in [0.5, 0.6) is 0 Å². The second kappa shape index (κ2) is 6.92. The van der Waals surface area contributed by atoms with Gasteiger partial charge >= 0.3 is 0 Å². The summed E-state index contributed by atoms with van der Waals surface area (Å²) >= 11 is 3.51. The monoisotopic (exact) mass is 354 g/mol. The molecule has 1 aromatic heterocycles. The molecular formula is C15H23BrN4O. The molecule has 0 amide bonds. The zero-order valence-electron chi connectivity index (χ0n) is 12.2. The number of aliphatic hydroxyl groups is 1. The summed E-state index contributed by atoms with van der Waals surface area (Å²) in [6.07, 6.45) is 9.35. The predicted octanol–water partition coefficient (Wildman–Crippen LogP) is 3.17. The lowest BCUT2D eigenvalue weighted by Crippen LogP contribution is -2.28. The third kappa shape index (κ3) is 4.54. The zero-order valence-corrected chi connectivity index (χ0v) is 13.8. The van der Waals surface area contributed by atoms with Crippen LogP contribution in [0.2, 0.25) is 0 Å². The van der Waals surface area contributed by atoms with E-state index in [1.54, 1.807) is 6.20 Å². The van der Waals surface area contributed by atoms with Crippen LogP contribution in [0.3, 0.4) is 0 Å². The van der Waals surface area contributed by atoms with Crippen molar-refractivity contribution in [1.82, 2.24) is 9.97 Å². The number of aliphatic hydroxyl groups excluding tert-OH is 1. The lowest BCUT2D eigenvalue weighted by molar-refractivity contribution is 0.126. The maximum absolute atomic E-state index is 9.57. The molecule has 1 heterocycles. The van der Waals surface area contributed by atoms with Gasteiger partial charge in [0.25, 0.3) is 0 Å². The van der Waals surface area contributed by atoms with E-state index in [-0.39, 0.29) is 6.10 Å². The Bertz CT molecular complexity index is 473. The van der Waals surface area contributed by atoms with Gasteiger partial charge < -0.3 is 15.7 Å². The lowest BCUT2D eigenvalue weighted by atomic mass is 9.93. The van der Waals surface area contributed by atoms with E-state index in [0.29, 0.717) is 12.0 Å². The van der Waals surface area contributed by atoms with Gasteiger partial charge in [-0.15, -0.1) is 0 Å². The Kier molecular flexibility index (Phi) is 4.95. The van der Waals surface area contributed by atoms with Crippen molar-refractivity contribution in [2.45, 2.75) is 57.1 Å². The van der Waals surface area contributed by atoms with Crippen LogP contribution in [-0.2, 0) is 0 Å². The number of nitrogens with zero attached hydrogens (tertiary/aromatic N) is 2. The summed E-state index contributed by atoms with van der Waals surface area (Å²) in [7, 11) is 0. The number of anilines is 2. The van der Waals surface area contributed by atoms with Gasteiger partial charge in [-0.25, -0.2) is 4.98 Å². The highest BCUT2D eigenvalue weighted by Gasteiger charge is 2.21. The van der Waals surface area contributed by atoms with Crippen LogP contribution in [0.1, 0.15) is 44.9 Å². The summed E-state index contributed by atoms with van der Waals surface area (Å²) in [5, 5.41) is 16.3. The van der Waals surface area contributed by atoms with Crippen molar-refractivity contribution in [2.24, 2.45) is 5.92 Å². The first-order valence-electron chi connectivity index (χ1n) is 7.91. The molecule has 0 unspecified atom stereocenters. The molecule has 0 spiro atoms. The third-order valence-electron chi connectivity index (χ3n) is 4.31. The number of halogens is 1. The maximum atomic E-state index is 9.57. The first-order valence-corrected chi connectivity index (χ1v) is 8.71. The highest BCUT2D eigenvalue weighted by molar-refractivity contribution is 9.10. The highest BCUT2D eigenvalue weighted by atomic mass is 79.9. The minimum Gasteiger partial charge on any atom is -0.393 e. The fourth-order valence-electron chi connectivity index (χ4n) is 2.76. The lowest BCUT2D eigenvalue weighted by Gasteiger charge is -2.27. The van der Waals surface area contributed by atoms with Crippen LogP contribution >= 0.6 is 15.9 Å². The van der Waals surface area contributed by atoms with Gasteiger partial charge in [0.15, 0.2) is 0 Å². The predicted molar refractivity (Wildman–Crippen MR) is 87.4 cm³/mol. The molecule has 21 heavy (non-hydrogen) atoms. The smallest absolute Gasteiger partial charge is 0.224 e. The fraction of sp³-hybridized carbons (Fsp3) is 0.733. The largest absolute Gasteiger partial charge is 0.393 e. The molecule has 0 radical (unpaired) electrons. The highest BCUT2D eigenvalue weighted by Crippen LogP contribution is 2.32. The Balaban J connectivity index is 1.55. The summed E-state index contributed by atoms with van der Waals surface area (Å²) in [5.74, 6) is 2.46. The van der Waals surface area contributed by atoms with Crippen LogP contribution < -0.4 is 10.6 Å². The SMILES string of the molecule is OC1CCC(Nc2nc(NCCC3CC3)ncc2Br)CC1. The van der Waals surface area contributed by atoms with Crippen molar-refractivity contribution in [2.75, 3.05) is 17.2 Å². The molecule has 3 N–H and O–H groups in total. The van der Waals surface area contributed by atoms with Crippen molar-refractivity contribution in [3.63, 3.8) is 0 Å². The number of hydrogen-bond acceptors (Lipinski definition) is 5. The average Bonchev–Trinajstić information content (AvgIpc) is 3.29. The van der Waals surface area contributed by atoms with E-state index in [9.17, 15) is 5.11 Å². The van der Waals surface area contributed by atoms with E-state index in [4.69, 9.17) is 0 Å². The quantitative estimate of drug-likeness (QED) is 0.731. The molecule has 6 heteroatoms. The molecular weight excluding hydrogens is 332 g/mol. The van der Waals surface area contributed by atoms with Gasteiger partial charge in [0.1, 0.15) is 5.82 Å². The minimum atomic E-state index is -0.128. The molecule has 3 rings (SSSR count). The topological polar surface area (TPSA) is 70.1 Å². The molecule has 2 fully saturated rings. The van der Waals surface area contributed by atoms with Crippen molar-refractivity contribution in [3.8, 4) is 0 Å². The van der Waals surface area contributed by atoms with Gasteiger partial charge in [-0.05, 0) is 54.0 Å². The summed E-state index contributed by atoms with van der Waals surface area (Å²) in [6.45, 7) is 0.946. The number of hydrogen-bond donors (Lipinski definition) is 3. The third-order valence-corrected chi connectivity index (χ3v) is 4.89. The molecule has 1 aromatic rings. The minimum absolute atomic E-state index is 0.128. The van der Waals surface area contributed by atoms with Crippen molar-refractivity contribution in [3.05, 3.63) is 10.7 Å². The molecule has 2 aliphatic carbocycles. The molecule has 5 nitrogen and oxygen atoms in total. The fourth-order valence-corrected chi connectivity index (χ4v) is 3.07. The number of nitrogens with one attached hydrogen (secondary N) is 2. The molecule has 2 saturated carbocycles. The van der Waals surface area contributed by atoms with Crippen LogP contribution in [0, 0.1) is 5.92 Å². The molecule has 0 atom stereocenters. The van der Waals surface area contributed by atoms with Crippen LogP contribution in [-0.4, -0.2) is 33.8 Å². The number of rotatable bonds is 6. The van der Waals surface area contributed by atoms with E-state index in [0.717, 1.165) is 48.4 Å². The summed E-state index contributed by atoms with van der Waals surface area (Å²) < 4.78 is 0.890. The van der Waals surface area contributed by atoms with E-state index in [1.807, 2.05) is 0 Å². The van der Waals surface area contributed by atoms with Crippen LogP contribution in [0.15, 0.2) is 10.7 Å². The Morgan fingerprint density at radius 1 is 1.19 bits per heavy atom. The van der Waals surface area contributed by atoms with Crippen LogP contribution in [0.4, 0.5) is 11.8 Å². The molecule has 0 saturated heterocycles. The summed E-state index contributed by atoms with van der Waals surface area (Å²) in [5.41, 5.74) is 0. The molecule has 116 valence electrons. The van der Waals surface area contributed by atoms with E-state index in [1.165, 1.54) is 19.3 Å². The van der Waals surface area contributed by atoms with Gasteiger partial charge in [0, 0.05) is 18.8 Å². The molecule has 2 aliphatic rings. The standard InChI is InChI=1S/C15H23BrN4O/c16-13-9-18-15(17-8-7-10-1-2-10)20-14(13)19-11-3-5-12(21)6-4-11/h9-12,21H,1-8H2,(H2,17,18,19,20). The summed E-state index contributed by atoms with van der Waals surface area (Å²) in [6, 6.07) is 0.388. The van der Waals surface area contributed by atoms with E-state index < -0.39 is 0 Å². The number of aromatic nitrogens is 2. The second-order valence-corrected chi connectivity index (χ2v) is 7.05. The molecule has 0 aromatic carbocycles. The zero-order chi connectivity index (χ0) is 14.7. The Morgan fingerprint density at radius 2 is 1.95 bits per heavy atom. The Hall–Kier alpha value is -0.880. The van der Waals surface area contributed by atoms with Gasteiger partial charge in [0.05, 0.1) is 10.6 Å².